The first kappa shape index (κ1) is 21.6. The SMILES string of the molecule is O=C(c1nc(-c2ccccc2)n(-c2ccccc2)n1)N1CCN(Cc2ccc3c(c2)CCO3)CC1. The van der Waals surface area contributed by atoms with Gasteiger partial charge in [-0.3, -0.25) is 9.69 Å². The molecule has 1 amide bonds. The third-order valence-corrected chi connectivity index (χ3v) is 6.65. The van der Waals surface area contributed by atoms with Gasteiger partial charge in [-0.05, 0) is 29.3 Å². The van der Waals surface area contributed by atoms with Gasteiger partial charge in [-0.2, -0.15) is 0 Å². The number of carbonyl (C=O) groups excluding carboxylic acids is 1. The summed E-state index contributed by atoms with van der Waals surface area (Å²) in [5.74, 6) is 1.80. The van der Waals surface area contributed by atoms with Gasteiger partial charge in [0.2, 0.25) is 5.82 Å². The molecule has 35 heavy (non-hydrogen) atoms. The Morgan fingerprint density at radius 3 is 2.40 bits per heavy atom. The predicted octanol–water partition coefficient (Wildman–Crippen LogP) is 3.83. The summed E-state index contributed by atoms with van der Waals surface area (Å²) in [5, 5.41) is 4.64. The van der Waals surface area contributed by atoms with Gasteiger partial charge in [0.25, 0.3) is 5.91 Å². The van der Waals surface area contributed by atoms with Gasteiger partial charge in [-0.1, -0.05) is 60.7 Å². The minimum absolute atomic E-state index is 0.119. The Morgan fingerprint density at radius 2 is 1.63 bits per heavy atom. The fourth-order valence-electron chi connectivity index (χ4n) is 4.77. The number of fused-ring (bicyclic) bond motifs is 1. The van der Waals surface area contributed by atoms with E-state index in [-0.39, 0.29) is 11.7 Å². The standard InChI is InChI=1S/C28H27N5O2/c34-28(32-16-14-31(15-17-32)20-21-11-12-25-23(19-21)13-18-35-25)26-29-27(22-7-3-1-4-8-22)33(30-26)24-9-5-2-6-10-24/h1-12,19H,13-18,20H2. The van der Waals surface area contributed by atoms with Gasteiger partial charge in [0.15, 0.2) is 5.82 Å². The lowest BCUT2D eigenvalue weighted by Crippen LogP contribution is -2.48. The van der Waals surface area contributed by atoms with E-state index < -0.39 is 0 Å². The lowest BCUT2D eigenvalue weighted by Gasteiger charge is -2.34. The van der Waals surface area contributed by atoms with E-state index in [2.05, 4.69) is 33.2 Å². The molecule has 2 aliphatic rings. The molecule has 6 rings (SSSR count). The molecular weight excluding hydrogens is 438 g/mol. The van der Waals surface area contributed by atoms with E-state index in [0.717, 1.165) is 49.7 Å². The van der Waals surface area contributed by atoms with E-state index in [1.54, 1.807) is 4.68 Å². The van der Waals surface area contributed by atoms with Gasteiger partial charge in [0, 0.05) is 44.7 Å². The molecule has 0 saturated carbocycles. The number of para-hydroxylation sites is 1. The second-order valence-electron chi connectivity index (χ2n) is 8.98. The summed E-state index contributed by atoms with van der Waals surface area (Å²) in [6, 6.07) is 26.2. The minimum atomic E-state index is -0.119. The maximum absolute atomic E-state index is 13.4. The average molecular weight is 466 g/mol. The lowest BCUT2D eigenvalue weighted by molar-refractivity contribution is 0.0616. The van der Waals surface area contributed by atoms with Crippen LogP contribution in [-0.4, -0.2) is 63.3 Å². The Morgan fingerprint density at radius 1 is 0.886 bits per heavy atom. The normalized spacial score (nSPS) is 15.6. The van der Waals surface area contributed by atoms with Gasteiger partial charge < -0.3 is 9.64 Å². The van der Waals surface area contributed by atoms with Gasteiger partial charge in [-0.15, -0.1) is 5.10 Å². The third-order valence-electron chi connectivity index (χ3n) is 6.65. The van der Waals surface area contributed by atoms with Gasteiger partial charge >= 0.3 is 0 Å². The van der Waals surface area contributed by atoms with Gasteiger partial charge in [-0.25, -0.2) is 9.67 Å². The zero-order chi connectivity index (χ0) is 23.6. The number of hydrogen-bond acceptors (Lipinski definition) is 5. The highest BCUT2D eigenvalue weighted by Gasteiger charge is 2.27. The smallest absolute Gasteiger partial charge is 0.293 e. The number of rotatable bonds is 5. The van der Waals surface area contributed by atoms with Crippen LogP contribution in [0.25, 0.3) is 17.1 Å². The first-order valence-electron chi connectivity index (χ1n) is 12.1. The van der Waals surface area contributed by atoms with Crippen LogP contribution in [0.1, 0.15) is 21.7 Å². The molecule has 1 saturated heterocycles. The van der Waals surface area contributed by atoms with E-state index in [1.165, 1.54) is 11.1 Å². The molecule has 0 aliphatic carbocycles. The molecule has 4 aromatic rings. The maximum Gasteiger partial charge on any atom is 0.293 e. The third kappa shape index (κ3) is 4.42. The molecule has 7 heteroatoms. The highest BCUT2D eigenvalue weighted by molar-refractivity contribution is 5.91. The number of piperazine rings is 1. The van der Waals surface area contributed by atoms with Crippen molar-refractivity contribution < 1.29 is 9.53 Å². The second kappa shape index (κ2) is 9.35. The molecule has 0 atom stereocenters. The van der Waals surface area contributed by atoms with Crippen LogP contribution in [0.5, 0.6) is 5.75 Å². The van der Waals surface area contributed by atoms with Crippen molar-refractivity contribution in [2.45, 2.75) is 13.0 Å². The summed E-state index contributed by atoms with van der Waals surface area (Å²) in [5.41, 5.74) is 4.39. The molecule has 1 fully saturated rings. The highest BCUT2D eigenvalue weighted by atomic mass is 16.5. The zero-order valence-corrected chi connectivity index (χ0v) is 19.5. The van der Waals surface area contributed by atoms with Gasteiger partial charge in [0.1, 0.15) is 5.75 Å². The van der Waals surface area contributed by atoms with E-state index in [0.29, 0.717) is 18.9 Å². The van der Waals surface area contributed by atoms with Crippen LogP contribution in [0, 0.1) is 0 Å². The molecule has 3 aromatic carbocycles. The highest BCUT2D eigenvalue weighted by Crippen LogP contribution is 2.27. The van der Waals surface area contributed by atoms with Crippen molar-refractivity contribution in [3.05, 3.63) is 95.8 Å². The fraction of sp³-hybridized carbons (Fsp3) is 0.250. The van der Waals surface area contributed by atoms with Crippen molar-refractivity contribution in [2.24, 2.45) is 0 Å². The Kier molecular flexibility index (Phi) is 5.76. The van der Waals surface area contributed by atoms with E-state index >= 15 is 0 Å². The number of aromatic nitrogens is 3. The molecule has 0 N–H and O–H groups in total. The topological polar surface area (TPSA) is 63.5 Å². The largest absolute Gasteiger partial charge is 0.493 e. The summed E-state index contributed by atoms with van der Waals surface area (Å²) in [7, 11) is 0. The van der Waals surface area contributed by atoms with E-state index in [9.17, 15) is 4.79 Å². The van der Waals surface area contributed by atoms with Crippen LogP contribution in [-0.2, 0) is 13.0 Å². The van der Waals surface area contributed by atoms with Crippen molar-refractivity contribution in [3.8, 4) is 22.8 Å². The molecule has 0 unspecified atom stereocenters. The summed E-state index contributed by atoms with van der Waals surface area (Å²) >= 11 is 0. The van der Waals surface area contributed by atoms with Crippen molar-refractivity contribution in [1.82, 2.24) is 24.6 Å². The molecule has 3 heterocycles. The number of carbonyl (C=O) groups is 1. The fourth-order valence-corrected chi connectivity index (χ4v) is 4.77. The number of ether oxygens (including phenoxy) is 1. The summed E-state index contributed by atoms with van der Waals surface area (Å²) in [4.78, 5) is 22.3. The van der Waals surface area contributed by atoms with E-state index in [4.69, 9.17) is 4.74 Å². The molecular formula is C28H27N5O2. The van der Waals surface area contributed by atoms with Gasteiger partial charge in [0.05, 0.1) is 12.3 Å². The number of amides is 1. The van der Waals surface area contributed by atoms with Crippen LogP contribution in [0.2, 0.25) is 0 Å². The van der Waals surface area contributed by atoms with Crippen molar-refractivity contribution in [1.29, 1.82) is 0 Å². The Balaban J connectivity index is 1.17. The van der Waals surface area contributed by atoms with Crippen molar-refractivity contribution in [2.75, 3.05) is 32.8 Å². The van der Waals surface area contributed by atoms with Crippen LogP contribution in [0.3, 0.4) is 0 Å². The first-order chi connectivity index (χ1) is 17.2. The Labute approximate surface area is 204 Å². The maximum atomic E-state index is 13.4. The number of benzene rings is 3. The Bertz CT molecular complexity index is 1270. The van der Waals surface area contributed by atoms with Crippen molar-refractivity contribution in [3.63, 3.8) is 0 Å². The molecule has 0 bridgehead atoms. The zero-order valence-electron chi connectivity index (χ0n) is 19.5. The van der Waals surface area contributed by atoms with Crippen LogP contribution in [0.15, 0.2) is 78.9 Å². The number of nitrogens with zero attached hydrogens (tertiary/aromatic N) is 5. The predicted molar refractivity (Wildman–Crippen MR) is 134 cm³/mol. The summed E-state index contributed by atoms with van der Waals surface area (Å²) < 4.78 is 7.38. The van der Waals surface area contributed by atoms with Crippen LogP contribution < -0.4 is 4.74 Å². The van der Waals surface area contributed by atoms with E-state index in [1.807, 2.05) is 65.6 Å². The summed E-state index contributed by atoms with van der Waals surface area (Å²) in [6.45, 7) is 4.63. The van der Waals surface area contributed by atoms with Crippen molar-refractivity contribution >= 4 is 5.91 Å². The molecule has 7 nitrogen and oxygen atoms in total. The van der Waals surface area contributed by atoms with Crippen LogP contribution >= 0.6 is 0 Å². The molecule has 0 spiro atoms. The summed E-state index contributed by atoms with van der Waals surface area (Å²) in [6.07, 6.45) is 0.985. The molecule has 1 aromatic heterocycles. The molecule has 2 aliphatic heterocycles. The number of hydrogen-bond donors (Lipinski definition) is 0. The molecule has 176 valence electrons. The Hall–Kier alpha value is -3.97. The average Bonchev–Trinajstić information content (AvgIpc) is 3.57. The second-order valence-corrected chi connectivity index (χ2v) is 8.98. The van der Waals surface area contributed by atoms with Crippen LogP contribution in [0.4, 0.5) is 0 Å². The molecule has 0 radical (unpaired) electrons. The quantitative estimate of drug-likeness (QED) is 0.448. The minimum Gasteiger partial charge on any atom is -0.493 e. The monoisotopic (exact) mass is 465 g/mol. The lowest BCUT2D eigenvalue weighted by atomic mass is 10.1. The first-order valence-corrected chi connectivity index (χ1v) is 12.1.